The van der Waals surface area contributed by atoms with Gasteiger partial charge in [0, 0.05) is 19.5 Å². The summed E-state index contributed by atoms with van der Waals surface area (Å²) >= 11 is 1.62. The second kappa shape index (κ2) is 11.0. The maximum atomic E-state index is 13.4. The molecule has 0 saturated carbocycles. The molecule has 1 aromatic heterocycles. The van der Waals surface area contributed by atoms with E-state index >= 15 is 0 Å². The third-order valence-corrected chi connectivity index (χ3v) is 13.3. The lowest BCUT2D eigenvalue weighted by atomic mass is 9.86. The van der Waals surface area contributed by atoms with E-state index in [1.54, 1.807) is 16.2 Å². The van der Waals surface area contributed by atoms with E-state index in [9.17, 15) is 9.59 Å². The predicted molar refractivity (Wildman–Crippen MR) is 154 cm³/mol. The van der Waals surface area contributed by atoms with E-state index in [4.69, 9.17) is 10.2 Å². The monoisotopic (exact) mass is 544 g/mol. The lowest BCUT2D eigenvalue weighted by molar-refractivity contribution is -0.141. The van der Waals surface area contributed by atoms with Crippen LogP contribution in [-0.4, -0.2) is 54.7 Å². The summed E-state index contributed by atoms with van der Waals surface area (Å²) < 4.78 is 6.63. The highest BCUT2D eigenvalue weighted by Gasteiger charge is 2.47. The van der Waals surface area contributed by atoms with Gasteiger partial charge in [0.2, 0.25) is 11.8 Å². The van der Waals surface area contributed by atoms with Gasteiger partial charge < -0.3 is 20.4 Å². The Hall–Kier alpha value is -2.07. The molecule has 1 aliphatic rings. The third kappa shape index (κ3) is 6.87. The molecule has 1 fully saturated rings. The van der Waals surface area contributed by atoms with Gasteiger partial charge in [0.25, 0.3) is 0 Å². The van der Waals surface area contributed by atoms with Crippen LogP contribution in [0.4, 0.5) is 0 Å². The van der Waals surface area contributed by atoms with Crippen molar-refractivity contribution in [2.24, 2.45) is 11.1 Å². The number of nitrogens with two attached hydrogens (primary N) is 1. The lowest BCUT2D eigenvalue weighted by Gasteiger charge is -2.38. The summed E-state index contributed by atoms with van der Waals surface area (Å²) in [4.78, 5) is 34.0. The molecule has 2 heterocycles. The van der Waals surface area contributed by atoms with E-state index in [1.165, 1.54) is 0 Å². The quantitative estimate of drug-likeness (QED) is 0.473. The van der Waals surface area contributed by atoms with Crippen molar-refractivity contribution in [1.82, 2.24) is 15.2 Å². The molecule has 3 rings (SSSR count). The summed E-state index contributed by atoms with van der Waals surface area (Å²) in [5, 5.41) is 3.09. The smallest absolute Gasteiger partial charge is 0.243 e. The molecule has 0 aliphatic carbocycles. The van der Waals surface area contributed by atoms with Gasteiger partial charge in [-0.05, 0) is 41.6 Å². The Kier molecular flexibility index (Phi) is 8.73. The van der Waals surface area contributed by atoms with Crippen LogP contribution >= 0.6 is 11.3 Å². The van der Waals surface area contributed by atoms with Crippen LogP contribution in [0.15, 0.2) is 29.8 Å². The summed E-state index contributed by atoms with van der Waals surface area (Å²) in [6.45, 7) is 19.6. The van der Waals surface area contributed by atoms with Gasteiger partial charge in [-0.15, -0.1) is 11.3 Å². The fraction of sp³-hybridized carbons (Fsp3) is 0.607. The number of thiazole rings is 1. The maximum absolute atomic E-state index is 13.4. The van der Waals surface area contributed by atoms with Crippen molar-refractivity contribution in [2.75, 3.05) is 6.54 Å². The van der Waals surface area contributed by atoms with Crippen LogP contribution < -0.4 is 11.1 Å². The van der Waals surface area contributed by atoms with Crippen LogP contribution in [-0.2, 0) is 20.6 Å². The highest BCUT2D eigenvalue weighted by Crippen LogP contribution is 2.39. The van der Waals surface area contributed by atoms with E-state index in [0.717, 1.165) is 21.7 Å². The molecule has 9 heteroatoms. The number of carbonyl (C=O) groups is 2. The fourth-order valence-corrected chi connectivity index (χ4v) is 6.35. The molecule has 3 N–H and O–H groups in total. The Labute approximate surface area is 227 Å². The van der Waals surface area contributed by atoms with E-state index in [-0.39, 0.29) is 23.0 Å². The zero-order chi connectivity index (χ0) is 27.8. The molecule has 1 aromatic carbocycles. The van der Waals surface area contributed by atoms with Gasteiger partial charge >= 0.3 is 0 Å². The summed E-state index contributed by atoms with van der Waals surface area (Å²) in [7, 11) is -2.07. The molecular weight excluding hydrogens is 500 g/mol. The summed E-state index contributed by atoms with van der Waals surface area (Å²) in [6.07, 6.45) is 0.291. The number of aromatic nitrogens is 1. The molecule has 37 heavy (non-hydrogen) atoms. The summed E-state index contributed by atoms with van der Waals surface area (Å²) in [6, 6.07) is 6.85. The highest BCUT2D eigenvalue weighted by atomic mass is 32.1. The number of likely N-dealkylation sites (tertiary alicyclic amines) is 1. The second-order valence-electron chi connectivity index (χ2n) is 12.8. The average Bonchev–Trinajstić information content (AvgIpc) is 3.41. The molecule has 1 unspecified atom stereocenters. The van der Waals surface area contributed by atoms with Gasteiger partial charge in [0.1, 0.15) is 6.04 Å². The lowest BCUT2D eigenvalue weighted by Crippen LogP contribution is -2.55. The standard InChI is InChI=1S/C28H44N4O3SSi/c1-18-23(36-17-31-18)20-12-10-19(11-13-20)15-30-25(33)22-14-21(35-37(8,9)28(5,6)7)16-32(22)26(34)24(29)27(2,3)4/h10-13,17,21-22,24H,14-16,29H2,1-9H3,(H,30,33)/t21?,22-,24+/m0/s1. The Morgan fingerprint density at radius 3 is 2.32 bits per heavy atom. The number of hydrogen-bond donors (Lipinski definition) is 2. The SMILES string of the molecule is Cc1ncsc1-c1ccc(CNC(=O)[C@@H]2CC(O[Si](C)(C)C(C)(C)C)CN2C(=O)[C@@H](N)C(C)(C)C)cc1. The second-order valence-corrected chi connectivity index (χ2v) is 18.4. The normalized spacial score (nSPS) is 19.7. The molecule has 3 atom stereocenters. The molecule has 7 nitrogen and oxygen atoms in total. The topological polar surface area (TPSA) is 97.5 Å². The number of carbonyl (C=O) groups excluding carboxylic acids is 2. The van der Waals surface area contributed by atoms with Gasteiger partial charge in [-0.1, -0.05) is 65.8 Å². The van der Waals surface area contributed by atoms with Gasteiger partial charge in [-0.25, -0.2) is 4.98 Å². The number of hydrogen-bond acceptors (Lipinski definition) is 6. The van der Waals surface area contributed by atoms with E-state index in [1.807, 2.05) is 45.3 Å². The van der Waals surface area contributed by atoms with Crippen molar-refractivity contribution >= 4 is 31.5 Å². The molecule has 1 saturated heterocycles. The highest BCUT2D eigenvalue weighted by molar-refractivity contribution is 7.13. The minimum absolute atomic E-state index is 0.0356. The first-order chi connectivity index (χ1) is 17.0. The van der Waals surface area contributed by atoms with E-state index < -0.39 is 25.8 Å². The molecule has 204 valence electrons. The van der Waals surface area contributed by atoms with E-state index in [2.05, 4.69) is 56.3 Å². The Balaban J connectivity index is 1.73. The molecule has 2 amide bonds. The van der Waals surface area contributed by atoms with Crippen LogP contribution in [0, 0.1) is 12.3 Å². The van der Waals surface area contributed by atoms with Crippen molar-refractivity contribution in [2.45, 2.75) is 97.8 Å². The molecule has 0 radical (unpaired) electrons. The van der Waals surface area contributed by atoms with Crippen molar-refractivity contribution in [3.8, 4) is 10.4 Å². The molecular formula is C28H44N4O3SSi. The number of nitrogens with one attached hydrogen (secondary N) is 1. The van der Waals surface area contributed by atoms with Crippen molar-refractivity contribution in [3.05, 3.63) is 41.0 Å². The Morgan fingerprint density at radius 2 is 1.81 bits per heavy atom. The van der Waals surface area contributed by atoms with Gasteiger partial charge in [0.05, 0.1) is 28.2 Å². The van der Waals surface area contributed by atoms with Crippen molar-refractivity contribution in [3.63, 3.8) is 0 Å². The van der Waals surface area contributed by atoms with Gasteiger partial charge in [0.15, 0.2) is 8.32 Å². The minimum atomic E-state index is -2.07. The van der Waals surface area contributed by atoms with Crippen molar-refractivity contribution in [1.29, 1.82) is 0 Å². The van der Waals surface area contributed by atoms with Crippen LogP contribution in [0.2, 0.25) is 18.1 Å². The summed E-state index contributed by atoms with van der Waals surface area (Å²) in [5.41, 5.74) is 10.9. The van der Waals surface area contributed by atoms with Crippen LogP contribution in [0.5, 0.6) is 0 Å². The fourth-order valence-electron chi connectivity index (χ4n) is 4.18. The van der Waals surface area contributed by atoms with Gasteiger partial charge in [-0.3, -0.25) is 9.59 Å². The zero-order valence-electron chi connectivity index (χ0n) is 23.8. The maximum Gasteiger partial charge on any atom is 0.243 e. The minimum Gasteiger partial charge on any atom is -0.412 e. The number of nitrogens with zero attached hydrogens (tertiary/aromatic N) is 2. The molecule has 2 aromatic rings. The Morgan fingerprint density at radius 1 is 1.19 bits per heavy atom. The zero-order valence-corrected chi connectivity index (χ0v) is 25.7. The molecule has 0 spiro atoms. The molecule has 1 aliphatic heterocycles. The molecule has 0 bridgehead atoms. The van der Waals surface area contributed by atoms with Crippen molar-refractivity contribution < 1.29 is 14.0 Å². The number of aryl methyl sites for hydroxylation is 1. The third-order valence-electron chi connectivity index (χ3n) is 7.74. The predicted octanol–water partition coefficient (Wildman–Crippen LogP) is 5.10. The number of rotatable bonds is 7. The van der Waals surface area contributed by atoms with Crippen LogP contribution in [0.3, 0.4) is 0 Å². The first-order valence-corrected chi connectivity index (χ1v) is 16.8. The summed E-state index contributed by atoms with van der Waals surface area (Å²) in [5.74, 6) is -0.364. The van der Waals surface area contributed by atoms with Crippen LogP contribution in [0.25, 0.3) is 10.4 Å². The van der Waals surface area contributed by atoms with Gasteiger partial charge in [-0.2, -0.15) is 0 Å². The first-order valence-electron chi connectivity index (χ1n) is 13.0. The average molecular weight is 545 g/mol. The van der Waals surface area contributed by atoms with Crippen LogP contribution in [0.1, 0.15) is 59.2 Å². The number of benzene rings is 1. The Bertz CT molecular complexity index is 1100. The number of amides is 2. The van der Waals surface area contributed by atoms with E-state index in [0.29, 0.717) is 19.5 Å². The first kappa shape index (κ1) is 29.5. The largest absolute Gasteiger partial charge is 0.412 e.